The third-order valence-corrected chi connectivity index (χ3v) is 6.95. The van der Waals surface area contributed by atoms with E-state index in [1.807, 2.05) is 30.3 Å². The molecule has 0 radical (unpaired) electrons. The molecule has 0 aliphatic carbocycles. The highest BCUT2D eigenvalue weighted by Gasteiger charge is 2.41. The van der Waals surface area contributed by atoms with Crippen molar-refractivity contribution in [1.29, 1.82) is 0 Å². The normalized spacial score (nSPS) is 33.9. The number of nitrogens with two attached hydrogens (primary N) is 1. The summed E-state index contributed by atoms with van der Waals surface area (Å²) in [7, 11) is -3.41. The number of hydrogen-bond acceptors (Lipinski definition) is 3. The molecule has 0 aromatic heterocycles. The van der Waals surface area contributed by atoms with E-state index < -0.39 is 10.2 Å². The van der Waals surface area contributed by atoms with E-state index in [1.165, 1.54) is 0 Å². The predicted octanol–water partition coefficient (Wildman–Crippen LogP) is 1.64. The molecule has 3 rings (SSSR count). The molecule has 2 N–H and O–H groups in total. The van der Waals surface area contributed by atoms with Gasteiger partial charge < -0.3 is 5.73 Å². The number of rotatable bonds is 3. The zero-order valence-electron chi connectivity index (χ0n) is 13.9. The van der Waals surface area contributed by atoms with E-state index in [4.69, 9.17) is 5.73 Å². The molecule has 2 aliphatic rings. The molecule has 1 aromatic rings. The summed E-state index contributed by atoms with van der Waals surface area (Å²) in [6.07, 6.45) is 1.10. The average molecular weight is 337 g/mol. The second-order valence-corrected chi connectivity index (χ2v) is 9.20. The van der Waals surface area contributed by atoms with Crippen molar-refractivity contribution in [2.75, 3.05) is 26.2 Å². The van der Waals surface area contributed by atoms with E-state index in [0.29, 0.717) is 38.0 Å². The van der Waals surface area contributed by atoms with Gasteiger partial charge in [0.05, 0.1) is 0 Å². The quantitative estimate of drug-likeness (QED) is 0.912. The average Bonchev–Trinajstić information content (AvgIpc) is 2.90. The van der Waals surface area contributed by atoms with Gasteiger partial charge in [0.15, 0.2) is 0 Å². The predicted molar refractivity (Wildman–Crippen MR) is 92.2 cm³/mol. The van der Waals surface area contributed by atoms with Crippen LogP contribution in [0.5, 0.6) is 0 Å². The first kappa shape index (κ1) is 16.9. The fraction of sp³-hybridized carbons (Fsp3) is 0.647. The SMILES string of the molecule is CC1CC(C)CN(S(=O)(=O)N2C[C@@H](N)[C@H](c3ccccc3)C2)C1. The van der Waals surface area contributed by atoms with Crippen molar-refractivity contribution < 1.29 is 8.42 Å². The molecule has 2 fully saturated rings. The minimum atomic E-state index is -3.41. The molecule has 6 heteroatoms. The Morgan fingerprint density at radius 1 is 0.957 bits per heavy atom. The number of hydrogen-bond donors (Lipinski definition) is 1. The summed E-state index contributed by atoms with van der Waals surface area (Å²) < 4.78 is 29.2. The van der Waals surface area contributed by atoms with Gasteiger partial charge in [0.25, 0.3) is 10.2 Å². The maximum absolute atomic E-state index is 13.0. The van der Waals surface area contributed by atoms with E-state index in [0.717, 1.165) is 12.0 Å². The molecule has 4 atom stereocenters. The molecule has 2 aliphatic heterocycles. The third kappa shape index (κ3) is 3.45. The van der Waals surface area contributed by atoms with E-state index in [9.17, 15) is 8.42 Å². The van der Waals surface area contributed by atoms with Gasteiger partial charge in [0.1, 0.15) is 0 Å². The Balaban J connectivity index is 1.77. The standard InChI is InChI=1S/C17H27N3O2S/c1-13-8-14(2)10-19(9-13)23(21,22)20-11-16(17(18)12-20)15-6-4-3-5-7-15/h3-7,13-14,16-17H,8-12,18H2,1-2H3/t13?,14?,16-,17+/m0/s1. The van der Waals surface area contributed by atoms with Crippen LogP contribution in [0, 0.1) is 11.8 Å². The number of nitrogens with zero attached hydrogens (tertiary/aromatic N) is 2. The van der Waals surface area contributed by atoms with E-state index in [1.54, 1.807) is 8.61 Å². The first-order valence-electron chi connectivity index (χ1n) is 8.43. The van der Waals surface area contributed by atoms with Crippen LogP contribution in [0.2, 0.25) is 0 Å². The van der Waals surface area contributed by atoms with Crippen molar-refractivity contribution >= 4 is 10.2 Å². The van der Waals surface area contributed by atoms with Crippen LogP contribution in [0.25, 0.3) is 0 Å². The number of benzene rings is 1. The van der Waals surface area contributed by atoms with Gasteiger partial charge in [-0.1, -0.05) is 44.2 Å². The van der Waals surface area contributed by atoms with Crippen molar-refractivity contribution in [2.24, 2.45) is 17.6 Å². The summed E-state index contributed by atoms with van der Waals surface area (Å²) in [6, 6.07) is 9.85. The van der Waals surface area contributed by atoms with Crippen LogP contribution in [0.4, 0.5) is 0 Å². The topological polar surface area (TPSA) is 66.6 Å². The summed E-state index contributed by atoms with van der Waals surface area (Å²) in [5.41, 5.74) is 7.38. The first-order chi connectivity index (χ1) is 10.9. The molecule has 0 amide bonds. The van der Waals surface area contributed by atoms with Gasteiger partial charge in [-0.25, -0.2) is 0 Å². The molecule has 0 bridgehead atoms. The lowest BCUT2D eigenvalue weighted by Crippen LogP contribution is -2.49. The minimum absolute atomic E-state index is 0.0746. The van der Waals surface area contributed by atoms with Crippen LogP contribution in [0.3, 0.4) is 0 Å². The van der Waals surface area contributed by atoms with Gasteiger partial charge in [0, 0.05) is 38.1 Å². The summed E-state index contributed by atoms with van der Waals surface area (Å²) in [5, 5.41) is 0. The highest BCUT2D eigenvalue weighted by molar-refractivity contribution is 7.86. The van der Waals surface area contributed by atoms with Gasteiger partial charge in [-0.2, -0.15) is 17.0 Å². The molecular weight excluding hydrogens is 310 g/mol. The molecule has 0 saturated carbocycles. The lowest BCUT2D eigenvalue weighted by Gasteiger charge is -2.36. The van der Waals surface area contributed by atoms with E-state index >= 15 is 0 Å². The van der Waals surface area contributed by atoms with Crippen molar-refractivity contribution in [1.82, 2.24) is 8.61 Å². The molecule has 2 heterocycles. The Morgan fingerprint density at radius 3 is 2.13 bits per heavy atom. The van der Waals surface area contributed by atoms with Crippen molar-refractivity contribution in [3.8, 4) is 0 Å². The van der Waals surface area contributed by atoms with Crippen LogP contribution in [-0.4, -0.2) is 49.2 Å². The van der Waals surface area contributed by atoms with E-state index in [2.05, 4.69) is 13.8 Å². The van der Waals surface area contributed by atoms with Gasteiger partial charge in [-0.15, -0.1) is 0 Å². The van der Waals surface area contributed by atoms with E-state index in [-0.39, 0.29) is 12.0 Å². The van der Waals surface area contributed by atoms with Gasteiger partial charge >= 0.3 is 0 Å². The fourth-order valence-electron chi connectivity index (χ4n) is 3.99. The Labute approximate surface area is 139 Å². The van der Waals surface area contributed by atoms with Gasteiger partial charge in [0.2, 0.25) is 0 Å². The highest BCUT2D eigenvalue weighted by atomic mass is 32.2. The Bertz CT molecular complexity index is 624. The van der Waals surface area contributed by atoms with Crippen LogP contribution in [0.15, 0.2) is 30.3 Å². The lowest BCUT2D eigenvalue weighted by atomic mass is 9.94. The summed E-state index contributed by atoms with van der Waals surface area (Å²) in [5.74, 6) is 0.898. The molecule has 2 unspecified atom stereocenters. The van der Waals surface area contributed by atoms with Gasteiger partial charge in [-0.3, -0.25) is 0 Å². The van der Waals surface area contributed by atoms with Crippen LogP contribution in [-0.2, 0) is 10.2 Å². The molecule has 5 nitrogen and oxygen atoms in total. The maximum Gasteiger partial charge on any atom is 0.282 e. The van der Waals surface area contributed by atoms with Gasteiger partial charge in [-0.05, 0) is 23.8 Å². The first-order valence-corrected chi connectivity index (χ1v) is 9.83. The molecule has 0 spiro atoms. The highest BCUT2D eigenvalue weighted by Crippen LogP contribution is 2.31. The Kier molecular flexibility index (Phi) is 4.78. The summed E-state index contributed by atoms with van der Waals surface area (Å²) in [6.45, 7) is 6.37. The Hall–Kier alpha value is -0.950. The molecule has 128 valence electrons. The zero-order chi connectivity index (χ0) is 16.6. The van der Waals surface area contributed by atoms with Crippen LogP contribution in [0.1, 0.15) is 31.7 Å². The number of piperidine rings is 1. The van der Waals surface area contributed by atoms with Crippen molar-refractivity contribution in [2.45, 2.75) is 32.2 Å². The largest absolute Gasteiger partial charge is 0.326 e. The van der Waals surface area contributed by atoms with Crippen LogP contribution < -0.4 is 5.73 Å². The maximum atomic E-state index is 13.0. The zero-order valence-corrected chi connectivity index (χ0v) is 14.7. The minimum Gasteiger partial charge on any atom is -0.326 e. The smallest absolute Gasteiger partial charge is 0.282 e. The van der Waals surface area contributed by atoms with Crippen LogP contribution >= 0.6 is 0 Å². The Morgan fingerprint density at radius 2 is 1.52 bits per heavy atom. The molecule has 2 saturated heterocycles. The second kappa shape index (κ2) is 6.51. The summed E-state index contributed by atoms with van der Waals surface area (Å²) >= 11 is 0. The molecule has 23 heavy (non-hydrogen) atoms. The van der Waals surface area contributed by atoms with Crippen molar-refractivity contribution in [3.05, 3.63) is 35.9 Å². The fourth-order valence-corrected chi connectivity index (χ4v) is 5.91. The van der Waals surface area contributed by atoms with Crippen molar-refractivity contribution in [3.63, 3.8) is 0 Å². The monoisotopic (exact) mass is 337 g/mol. The third-order valence-electron chi connectivity index (χ3n) is 5.05. The molecular formula is C17H27N3O2S. The lowest BCUT2D eigenvalue weighted by molar-refractivity contribution is 0.211. The summed E-state index contributed by atoms with van der Waals surface area (Å²) in [4.78, 5) is 0. The molecule has 1 aromatic carbocycles. The second-order valence-electron chi connectivity index (χ2n) is 7.27.